The van der Waals surface area contributed by atoms with Crippen LogP contribution in [0.1, 0.15) is 17.7 Å². The molecule has 3 rings (SSSR count). The number of methoxy groups -OCH3 is 1. The molecule has 0 bridgehead atoms. The van der Waals surface area contributed by atoms with Gasteiger partial charge in [0.2, 0.25) is 0 Å². The van der Waals surface area contributed by atoms with Crippen LogP contribution in [0.3, 0.4) is 0 Å². The Hall–Kier alpha value is -0.420. The van der Waals surface area contributed by atoms with Crippen LogP contribution in [0, 0.1) is 11.3 Å². The van der Waals surface area contributed by atoms with E-state index in [1.807, 2.05) is 18.4 Å². The van der Waals surface area contributed by atoms with E-state index in [1.54, 1.807) is 0 Å². The van der Waals surface area contributed by atoms with Crippen molar-refractivity contribution in [3.63, 3.8) is 0 Å². The van der Waals surface area contributed by atoms with Gasteiger partial charge in [-0.15, -0.1) is 11.3 Å². The first-order chi connectivity index (χ1) is 9.32. The Labute approximate surface area is 119 Å². The molecule has 2 fully saturated rings. The normalized spacial score (nSPS) is 27.1. The van der Waals surface area contributed by atoms with Crippen LogP contribution >= 0.6 is 11.3 Å². The summed E-state index contributed by atoms with van der Waals surface area (Å²) in [5.41, 5.74) is 0.499. The summed E-state index contributed by atoms with van der Waals surface area (Å²) in [6, 6.07) is 4.41. The summed E-state index contributed by atoms with van der Waals surface area (Å²) in [6.45, 7) is 6.83. The number of nitrogens with zero attached hydrogens (tertiary/aromatic N) is 1. The van der Waals surface area contributed by atoms with Crippen LogP contribution in [0.4, 0.5) is 0 Å². The predicted molar refractivity (Wildman–Crippen MR) is 79.5 cm³/mol. The average Bonchev–Trinajstić information content (AvgIpc) is 3.02. The summed E-state index contributed by atoms with van der Waals surface area (Å²) in [5, 5.41) is 5.68. The standard InChI is InChI=1S/C15H24N2OS/c1-18-11-13-9-17(10-14-3-2-8-19-14)12-15(13)4-6-16-7-5-15/h2-3,8,13,16H,4-7,9-12H2,1H3/t13-/m0/s1. The van der Waals surface area contributed by atoms with Gasteiger partial charge in [0.05, 0.1) is 6.61 Å². The molecule has 1 N–H and O–H groups in total. The van der Waals surface area contributed by atoms with Gasteiger partial charge in [0.25, 0.3) is 0 Å². The van der Waals surface area contributed by atoms with Crippen molar-refractivity contribution < 1.29 is 4.74 Å². The Morgan fingerprint density at radius 3 is 3.00 bits per heavy atom. The van der Waals surface area contributed by atoms with Gasteiger partial charge < -0.3 is 10.1 Å². The van der Waals surface area contributed by atoms with Gasteiger partial charge in [-0.2, -0.15) is 0 Å². The highest BCUT2D eigenvalue weighted by Crippen LogP contribution is 2.43. The van der Waals surface area contributed by atoms with E-state index in [4.69, 9.17) is 4.74 Å². The SMILES string of the molecule is COC[C@@H]1CN(Cc2cccs2)CC12CCNCC2. The van der Waals surface area contributed by atoms with Gasteiger partial charge in [-0.25, -0.2) is 0 Å². The summed E-state index contributed by atoms with van der Waals surface area (Å²) in [5.74, 6) is 0.708. The fraction of sp³-hybridized carbons (Fsp3) is 0.733. The summed E-state index contributed by atoms with van der Waals surface area (Å²) < 4.78 is 5.49. The van der Waals surface area contributed by atoms with Crippen molar-refractivity contribution in [1.82, 2.24) is 10.2 Å². The molecular weight excluding hydrogens is 256 g/mol. The Balaban J connectivity index is 1.69. The van der Waals surface area contributed by atoms with Crippen LogP contribution in [0.25, 0.3) is 0 Å². The number of nitrogens with one attached hydrogen (secondary N) is 1. The Morgan fingerprint density at radius 2 is 2.32 bits per heavy atom. The molecule has 1 spiro atoms. The molecule has 4 heteroatoms. The van der Waals surface area contributed by atoms with Gasteiger partial charge in [-0.3, -0.25) is 4.90 Å². The maximum absolute atomic E-state index is 5.49. The van der Waals surface area contributed by atoms with Crippen molar-refractivity contribution in [1.29, 1.82) is 0 Å². The van der Waals surface area contributed by atoms with E-state index < -0.39 is 0 Å². The van der Waals surface area contributed by atoms with Crippen molar-refractivity contribution in [3.8, 4) is 0 Å². The lowest BCUT2D eigenvalue weighted by molar-refractivity contribution is 0.0716. The summed E-state index contributed by atoms with van der Waals surface area (Å²) in [4.78, 5) is 4.13. The Kier molecular flexibility index (Phi) is 4.22. The lowest BCUT2D eigenvalue weighted by Crippen LogP contribution is -2.43. The van der Waals surface area contributed by atoms with Crippen molar-refractivity contribution in [3.05, 3.63) is 22.4 Å². The molecule has 2 saturated heterocycles. The number of likely N-dealkylation sites (tertiary alicyclic amines) is 1. The molecular formula is C15H24N2OS. The molecule has 1 aromatic rings. The minimum Gasteiger partial charge on any atom is -0.384 e. The second-order valence-electron chi connectivity index (χ2n) is 6.01. The lowest BCUT2D eigenvalue weighted by Gasteiger charge is -2.38. The molecule has 0 amide bonds. The second kappa shape index (κ2) is 5.92. The molecule has 0 aliphatic carbocycles. The molecule has 1 aromatic heterocycles. The molecule has 2 aliphatic rings. The fourth-order valence-electron chi connectivity index (χ4n) is 3.81. The molecule has 3 heterocycles. The Morgan fingerprint density at radius 1 is 1.47 bits per heavy atom. The first-order valence-electron chi connectivity index (χ1n) is 7.27. The number of hydrogen-bond acceptors (Lipinski definition) is 4. The third-order valence-electron chi connectivity index (χ3n) is 4.81. The minimum atomic E-state index is 0.499. The largest absolute Gasteiger partial charge is 0.384 e. The number of thiophene rings is 1. The quantitative estimate of drug-likeness (QED) is 0.915. The first kappa shape index (κ1) is 13.6. The van der Waals surface area contributed by atoms with E-state index >= 15 is 0 Å². The van der Waals surface area contributed by atoms with Gasteiger partial charge >= 0.3 is 0 Å². The third kappa shape index (κ3) is 2.87. The zero-order chi connectivity index (χ0) is 13.1. The van der Waals surface area contributed by atoms with E-state index in [0.717, 1.165) is 13.2 Å². The highest BCUT2D eigenvalue weighted by molar-refractivity contribution is 7.09. The van der Waals surface area contributed by atoms with E-state index in [9.17, 15) is 0 Å². The minimum absolute atomic E-state index is 0.499. The summed E-state index contributed by atoms with van der Waals surface area (Å²) >= 11 is 1.87. The molecule has 0 unspecified atom stereocenters. The van der Waals surface area contributed by atoms with Crippen LogP contribution in [0.15, 0.2) is 17.5 Å². The van der Waals surface area contributed by atoms with E-state index in [0.29, 0.717) is 11.3 Å². The van der Waals surface area contributed by atoms with Crippen molar-refractivity contribution >= 4 is 11.3 Å². The van der Waals surface area contributed by atoms with Gasteiger partial charge in [0, 0.05) is 37.5 Å². The fourth-order valence-corrected chi connectivity index (χ4v) is 4.56. The van der Waals surface area contributed by atoms with Gasteiger partial charge in [0.15, 0.2) is 0 Å². The molecule has 1 atom stereocenters. The zero-order valence-electron chi connectivity index (χ0n) is 11.7. The van der Waals surface area contributed by atoms with Crippen LogP contribution in [-0.4, -0.2) is 44.8 Å². The first-order valence-corrected chi connectivity index (χ1v) is 8.15. The summed E-state index contributed by atoms with van der Waals surface area (Å²) in [6.07, 6.45) is 2.62. The van der Waals surface area contributed by atoms with Gasteiger partial charge in [0.1, 0.15) is 0 Å². The predicted octanol–water partition coefficient (Wildman–Crippen LogP) is 2.20. The van der Waals surface area contributed by atoms with E-state index in [2.05, 4.69) is 27.7 Å². The highest BCUT2D eigenvalue weighted by atomic mass is 32.1. The molecule has 0 radical (unpaired) electrons. The van der Waals surface area contributed by atoms with Crippen molar-refractivity contribution in [2.24, 2.45) is 11.3 Å². The lowest BCUT2D eigenvalue weighted by atomic mass is 9.71. The van der Waals surface area contributed by atoms with Crippen molar-refractivity contribution in [2.45, 2.75) is 19.4 Å². The molecule has 0 aromatic carbocycles. The number of ether oxygens (including phenoxy) is 1. The van der Waals surface area contributed by atoms with Gasteiger partial charge in [-0.1, -0.05) is 6.07 Å². The summed E-state index contributed by atoms with van der Waals surface area (Å²) in [7, 11) is 1.84. The topological polar surface area (TPSA) is 24.5 Å². The van der Waals surface area contributed by atoms with Crippen LogP contribution in [0.5, 0.6) is 0 Å². The monoisotopic (exact) mass is 280 g/mol. The smallest absolute Gasteiger partial charge is 0.0508 e. The maximum Gasteiger partial charge on any atom is 0.0508 e. The molecule has 106 valence electrons. The number of rotatable bonds is 4. The third-order valence-corrected chi connectivity index (χ3v) is 5.67. The average molecular weight is 280 g/mol. The molecule has 19 heavy (non-hydrogen) atoms. The molecule has 3 nitrogen and oxygen atoms in total. The highest BCUT2D eigenvalue weighted by Gasteiger charge is 2.46. The zero-order valence-corrected chi connectivity index (χ0v) is 12.5. The van der Waals surface area contributed by atoms with Gasteiger partial charge in [-0.05, 0) is 42.8 Å². The second-order valence-corrected chi connectivity index (χ2v) is 7.05. The number of hydrogen-bond donors (Lipinski definition) is 1. The van der Waals surface area contributed by atoms with Crippen molar-refractivity contribution in [2.75, 3.05) is 39.9 Å². The van der Waals surface area contributed by atoms with E-state index in [1.165, 1.54) is 43.9 Å². The van der Waals surface area contributed by atoms with Crippen LogP contribution in [-0.2, 0) is 11.3 Å². The number of piperidine rings is 1. The van der Waals surface area contributed by atoms with Crippen LogP contribution < -0.4 is 5.32 Å². The molecule has 2 aliphatic heterocycles. The Bertz CT molecular complexity index is 387. The van der Waals surface area contributed by atoms with E-state index in [-0.39, 0.29) is 0 Å². The van der Waals surface area contributed by atoms with Crippen LogP contribution in [0.2, 0.25) is 0 Å². The maximum atomic E-state index is 5.49. The molecule has 0 saturated carbocycles.